The van der Waals surface area contributed by atoms with Gasteiger partial charge in [-0.2, -0.15) is 4.31 Å². The van der Waals surface area contributed by atoms with Gasteiger partial charge in [-0.3, -0.25) is 9.69 Å². The van der Waals surface area contributed by atoms with Crippen molar-refractivity contribution in [3.05, 3.63) is 24.3 Å². The Hall–Kier alpha value is -1.48. The first-order chi connectivity index (χ1) is 13.0. The highest BCUT2D eigenvalue weighted by atomic mass is 32.2. The van der Waals surface area contributed by atoms with E-state index in [0.717, 1.165) is 25.7 Å². The van der Waals surface area contributed by atoms with Crippen LogP contribution >= 0.6 is 0 Å². The van der Waals surface area contributed by atoms with E-state index in [4.69, 9.17) is 0 Å². The zero-order valence-corrected chi connectivity index (χ0v) is 16.6. The molecule has 0 unspecified atom stereocenters. The minimum absolute atomic E-state index is 0.0161. The van der Waals surface area contributed by atoms with Gasteiger partial charge in [0.25, 0.3) is 0 Å². The van der Waals surface area contributed by atoms with Crippen molar-refractivity contribution in [1.29, 1.82) is 0 Å². The molecule has 7 nitrogen and oxygen atoms in total. The van der Waals surface area contributed by atoms with Gasteiger partial charge < -0.3 is 10.4 Å². The monoisotopic (exact) mass is 395 g/mol. The number of aliphatic hydroxyl groups is 1. The van der Waals surface area contributed by atoms with Crippen LogP contribution in [0.5, 0.6) is 0 Å². The Kier molecular flexibility index (Phi) is 6.52. The molecule has 0 aromatic heterocycles. The first-order valence-electron chi connectivity index (χ1n) is 9.71. The van der Waals surface area contributed by atoms with Crippen LogP contribution in [0, 0.1) is 5.92 Å². The van der Waals surface area contributed by atoms with E-state index in [1.165, 1.54) is 4.31 Å². The molecule has 8 heteroatoms. The minimum atomic E-state index is -3.55. The molecular formula is C19H29N3O4S. The minimum Gasteiger partial charge on any atom is -0.395 e. The number of aliphatic hydroxyl groups excluding tert-OH is 1. The Labute approximate surface area is 161 Å². The second-order valence-electron chi connectivity index (χ2n) is 7.33. The quantitative estimate of drug-likeness (QED) is 0.730. The van der Waals surface area contributed by atoms with E-state index >= 15 is 0 Å². The van der Waals surface area contributed by atoms with Crippen molar-refractivity contribution in [3.63, 3.8) is 0 Å². The normalized spacial score (nSPS) is 20.8. The first-order valence-corrected chi connectivity index (χ1v) is 11.2. The number of carbonyl (C=O) groups is 1. The third-order valence-electron chi connectivity index (χ3n) is 5.71. The molecule has 2 N–H and O–H groups in total. The van der Waals surface area contributed by atoms with E-state index in [2.05, 4.69) is 10.2 Å². The summed E-state index contributed by atoms with van der Waals surface area (Å²) < 4.78 is 27.2. The van der Waals surface area contributed by atoms with Crippen LogP contribution in [0.2, 0.25) is 0 Å². The highest BCUT2D eigenvalue weighted by Crippen LogP contribution is 2.28. The molecule has 1 aliphatic carbocycles. The Balaban J connectivity index is 1.60. The van der Waals surface area contributed by atoms with Gasteiger partial charge >= 0.3 is 0 Å². The molecule has 1 aromatic rings. The lowest BCUT2D eigenvalue weighted by Gasteiger charge is -2.37. The molecular weight excluding hydrogens is 366 g/mol. The van der Waals surface area contributed by atoms with Gasteiger partial charge in [0.15, 0.2) is 0 Å². The van der Waals surface area contributed by atoms with E-state index in [9.17, 15) is 18.3 Å². The van der Waals surface area contributed by atoms with Crippen molar-refractivity contribution in [1.82, 2.24) is 9.21 Å². The van der Waals surface area contributed by atoms with Gasteiger partial charge in [-0.25, -0.2) is 8.42 Å². The lowest BCUT2D eigenvalue weighted by Crippen LogP contribution is -2.52. The fourth-order valence-corrected chi connectivity index (χ4v) is 5.01. The van der Waals surface area contributed by atoms with Crippen molar-refractivity contribution < 1.29 is 18.3 Å². The van der Waals surface area contributed by atoms with E-state index in [-0.39, 0.29) is 29.4 Å². The third-order valence-corrected chi connectivity index (χ3v) is 7.62. The summed E-state index contributed by atoms with van der Waals surface area (Å²) in [5, 5.41) is 12.3. The number of hydrogen-bond acceptors (Lipinski definition) is 5. The molecule has 27 heavy (non-hydrogen) atoms. The third kappa shape index (κ3) is 4.51. The predicted octanol–water partition coefficient (Wildman–Crippen LogP) is 1.50. The van der Waals surface area contributed by atoms with Gasteiger partial charge in [-0.15, -0.1) is 0 Å². The lowest BCUT2D eigenvalue weighted by atomic mass is 9.85. The number of rotatable bonds is 7. The smallest absolute Gasteiger partial charge is 0.243 e. The first kappa shape index (κ1) is 20.3. The van der Waals surface area contributed by atoms with Crippen LogP contribution in [0.4, 0.5) is 5.69 Å². The number of carbonyl (C=O) groups excluding carboxylic acids is 1. The van der Waals surface area contributed by atoms with Crippen molar-refractivity contribution >= 4 is 21.6 Å². The Morgan fingerprint density at radius 1 is 1.19 bits per heavy atom. The van der Waals surface area contributed by atoms with Crippen LogP contribution in [0.1, 0.15) is 32.6 Å². The van der Waals surface area contributed by atoms with Gasteiger partial charge in [-0.1, -0.05) is 13.3 Å². The maximum atomic E-state index is 12.9. The number of anilines is 1. The molecule has 1 aliphatic heterocycles. The number of benzene rings is 1. The topological polar surface area (TPSA) is 89.9 Å². The van der Waals surface area contributed by atoms with Gasteiger partial charge in [0.1, 0.15) is 0 Å². The number of hydrogen-bond donors (Lipinski definition) is 2. The largest absolute Gasteiger partial charge is 0.395 e. The van der Waals surface area contributed by atoms with Crippen molar-refractivity contribution in [3.8, 4) is 0 Å². The number of sulfonamides is 1. The number of amides is 1. The highest BCUT2D eigenvalue weighted by Gasteiger charge is 2.30. The molecule has 3 rings (SSSR count). The van der Waals surface area contributed by atoms with Crippen LogP contribution in [-0.2, 0) is 14.8 Å². The number of nitrogens with one attached hydrogen (secondary N) is 1. The molecule has 1 saturated carbocycles. The van der Waals surface area contributed by atoms with E-state index in [0.29, 0.717) is 31.9 Å². The van der Waals surface area contributed by atoms with Gasteiger partial charge in [0.05, 0.1) is 11.5 Å². The zero-order valence-electron chi connectivity index (χ0n) is 15.8. The summed E-state index contributed by atoms with van der Waals surface area (Å²) in [5.41, 5.74) is 0.629. The summed E-state index contributed by atoms with van der Waals surface area (Å²) >= 11 is 0. The van der Waals surface area contributed by atoms with E-state index in [1.54, 1.807) is 24.3 Å². The molecule has 2 aliphatic rings. The Morgan fingerprint density at radius 3 is 2.30 bits per heavy atom. The highest BCUT2D eigenvalue weighted by molar-refractivity contribution is 7.89. The fourth-order valence-electron chi connectivity index (χ4n) is 3.59. The maximum absolute atomic E-state index is 12.9. The molecule has 150 valence electrons. The lowest BCUT2D eigenvalue weighted by molar-refractivity contribution is -0.122. The van der Waals surface area contributed by atoms with Crippen LogP contribution < -0.4 is 5.32 Å². The summed E-state index contributed by atoms with van der Waals surface area (Å²) in [4.78, 5) is 14.4. The zero-order chi connectivity index (χ0) is 19.4. The Morgan fingerprint density at radius 2 is 1.81 bits per heavy atom. The van der Waals surface area contributed by atoms with Crippen LogP contribution in [0.3, 0.4) is 0 Å². The molecule has 0 radical (unpaired) electrons. The van der Waals surface area contributed by atoms with Crippen molar-refractivity contribution in [2.24, 2.45) is 5.92 Å². The van der Waals surface area contributed by atoms with Gasteiger partial charge in [0, 0.05) is 43.8 Å². The second kappa shape index (κ2) is 8.68. The molecule has 1 atom stereocenters. The van der Waals surface area contributed by atoms with Crippen molar-refractivity contribution in [2.75, 3.05) is 38.1 Å². The molecule has 1 amide bonds. The molecule has 1 aromatic carbocycles. The van der Waals surface area contributed by atoms with Gasteiger partial charge in [0.2, 0.25) is 15.9 Å². The second-order valence-corrected chi connectivity index (χ2v) is 9.26. The molecule has 0 spiro atoms. The van der Waals surface area contributed by atoms with Crippen LogP contribution in [-0.4, -0.2) is 67.5 Å². The summed E-state index contributed by atoms with van der Waals surface area (Å²) in [5.74, 6) is 0.109. The number of piperazine rings is 1. The molecule has 1 saturated heterocycles. The molecule has 2 fully saturated rings. The average Bonchev–Trinajstić information content (AvgIpc) is 2.62. The fraction of sp³-hybridized carbons (Fsp3) is 0.632. The summed E-state index contributed by atoms with van der Waals surface area (Å²) in [6.45, 7) is 4.19. The summed E-state index contributed by atoms with van der Waals surface area (Å²) in [6, 6.07) is 6.51. The standard InChI is InChI=1S/C19H29N3O4S/c1-2-17(14-23)21-10-12-22(13-11-21)27(25,26)18-8-6-16(7-9-18)20-19(24)15-4-3-5-15/h6-9,15,17,23H,2-5,10-14H2,1H3,(H,20,24)/t17-/m1/s1. The van der Waals surface area contributed by atoms with Crippen LogP contribution in [0.25, 0.3) is 0 Å². The van der Waals surface area contributed by atoms with Crippen molar-refractivity contribution in [2.45, 2.75) is 43.5 Å². The van der Waals surface area contributed by atoms with Crippen LogP contribution in [0.15, 0.2) is 29.2 Å². The molecule has 1 heterocycles. The van der Waals surface area contributed by atoms with E-state index in [1.807, 2.05) is 6.92 Å². The van der Waals surface area contributed by atoms with Gasteiger partial charge in [-0.05, 0) is 43.5 Å². The van der Waals surface area contributed by atoms with E-state index < -0.39 is 10.0 Å². The summed E-state index contributed by atoms with van der Waals surface area (Å²) in [6.07, 6.45) is 3.80. The average molecular weight is 396 g/mol. The predicted molar refractivity (Wildman–Crippen MR) is 104 cm³/mol. The summed E-state index contributed by atoms with van der Waals surface area (Å²) in [7, 11) is -3.55. The molecule has 0 bridgehead atoms. The maximum Gasteiger partial charge on any atom is 0.243 e. The SMILES string of the molecule is CC[C@H](CO)N1CCN(S(=O)(=O)c2ccc(NC(=O)C3CCC3)cc2)CC1. The number of nitrogens with zero attached hydrogens (tertiary/aromatic N) is 2. The Bertz CT molecular complexity index is 735.